The molecule has 72 valence electrons. The highest BCUT2D eigenvalue weighted by atomic mass is 16.5. The minimum absolute atomic E-state index is 0.213. The molecule has 0 radical (unpaired) electrons. The number of nitrogens with one attached hydrogen (secondary N) is 2. The number of hydrogen-bond acceptors (Lipinski definition) is 5. The number of H-pyrrole nitrogens is 1. The summed E-state index contributed by atoms with van der Waals surface area (Å²) < 4.78 is 4.74. The average Bonchev–Trinajstić information content (AvgIpc) is 2.57. The van der Waals surface area contributed by atoms with E-state index in [0.29, 0.717) is 25.5 Å². The van der Waals surface area contributed by atoms with Crippen LogP contribution in [0.2, 0.25) is 0 Å². The summed E-state index contributed by atoms with van der Waals surface area (Å²) >= 11 is 0. The molecule has 0 aliphatic heterocycles. The van der Waals surface area contributed by atoms with Gasteiger partial charge in [-0.25, -0.2) is 10.1 Å². The van der Waals surface area contributed by atoms with Gasteiger partial charge in [0.15, 0.2) is 0 Å². The SMILES string of the molecule is CCOC(=O)CCNc1ncn[nH]1. The van der Waals surface area contributed by atoms with Crippen LogP contribution in [0.3, 0.4) is 0 Å². The third-order valence-electron chi connectivity index (χ3n) is 1.34. The molecule has 1 heterocycles. The lowest BCUT2D eigenvalue weighted by Crippen LogP contribution is -2.11. The molecule has 1 aromatic heterocycles. The van der Waals surface area contributed by atoms with Gasteiger partial charge in [0.05, 0.1) is 13.0 Å². The highest BCUT2D eigenvalue weighted by molar-refractivity contribution is 5.69. The Hall–Kier alpha value is -1.59. The van der Waals surface area contributed by atoms with Gasteiger partial charge in [0.1, 0.15) is 6.33 Å². The minimum Gasteiger partial charge on any atom is -0.466 e. The molecule has 0 fully saturated rings. The summed E-state index contributed by atoms with van der Waals surface area (Å²) in [6.45, 7) is 2.69. The molecule has 0 aromatic carbocycles. The predicted octanol–water partition coefficient (Wildman–Crippen LogP) is 0.170. The van der Waals surface area contributed by atoms with Gasteiger partial charge >= 0.3 is 5.97 Å². The standard InChI is InChI=1S/C7H12N4O2/c1-2-13-6(12)3-4-8-7-9-5-10-11-7/h5H,2-4H2,1H3,(H2,8,9,10,11). The van der Waals surface area contributed by atoms with E-state index in [0.717, 1.165) is 0 Å². The second-order valence-electron chi connectivity index (χ2n) is 2.32. The number of nitrogens with zero attached hydrogens (tertiary/aromatic N) is 2. The fourth-order valence-electron chi connectivity index (χ4n) is 0.807. The molecular formula is C7H12N4O2. The molecule has 2 N–H and O–H groups in total. The van der Waals surface area contributed by atoms with E-state index in [4.69, 9.17) is 4.74 Å². The third-order valence-corrected chi connectivity index (χ3v) is 1.34. The molecule has 1 rings (SSSR count). The first-order valence-electron chi connectivity index (χ1n) is 4.07. The second-order valence-corrected chi connectivity index (χ2v) is 2.32. The van der Waals surface area contributed by atoms with Crippen LogP contribution < -0.4 is 5.32 Å². The first kappa shape index (κ1) is 9.50. The number of hydrogen-bond donors (Lipinski definition) is 2. The van der Waals surface area contributed by atoms with Crippen molar-refractivity contribution in [2.45, 2.75) is 13.3 Å². The van der Waals surface area contributed by atoms with Crippen LogP contribution in [-0.4, -0.2) is 34.3 Å². The first-order valence-corrected chi connectivity index (χ1v) is 4.07. The molecule has 0 spiro atoms. The molecule has 6 heteroatoms. The van der Waals surface area contributed by atoms with Crippen molar-refractivity contribution in [3.63, 3.8) is 0 Å². The maximum Gasteiger partial charge on any atom is 0.307 e. The Morgan fingerprint density at radius 1 is 1.77 bits per heavy atom. The van der Waals surface area contributed by atoms with E-state index in [9.17, 15) is 4.79 Å². The molecule has 0 aliphatic rings. The Morgan fingerprint density at radius 2 is 2.62 bits per heavy atom. The zero-order chi connectivity index (χ0) is 9.52. The maximum atomic E-state index is 10.9. The van der Waals surface area contributed by atoms with Gasteiger partial charge in [0.2, 0.25) is 5.95 Å². The fourth-order valence-corrected chi connectivity index (χ4v) is 0.807. The summed E-state index contributed by atoms with van der Waals surface area (Å²) in [5.41, 5.74) is 0. The van der Waals surface area contributed by atoms with Crippen molar-refractivity contribution < 1.29 is 9.53 Å². The van der Waals surface area contributed by atoms with Gasteiger partial charge in [-0.05, 0) is 6.92 Å². The molecule has 0 saturated carbocycles. The zero-order valence-electron chi connectivity index (χ0n) is 7.41. The Morgan fingerprint density at radius 3 is 3.23 bits per heavy atom. The Labute approximate surface area is 75.7 Å². The van der Waals surface area contributed by atoms with E-state index in [-0.39, 0.29) is 5.97 Å². The van der Waals surface area contributed by atoms with Crippen molar-refractivity contribution >= 4 is 11.9 Å². The molecule has 0 amide bonds. The van der Waals surface area contributed by atoms with Crippen LogP contribution in [0.25, 0.3) is 0 Å². The molecular weight excluding hydrogens is 172 g/mol. The molecule has 13 heavy (non-hydrogen) atoms. The number of rotatable bonds is 5. The molecule has 6 nitrogen and oxygen atoms in total. The molecule has 1 aromatic rings. The molecule has 0 aliphatic carbocycles. The van der Waals surface area contributed by atoms with E-state index >= 15 is 0 Å². The van der Waals surface area contributed by atoms with Crippen LogP contribution >= 0.6 is 0 Å². The van der Waals surface area contributed by atoms with Crippen LogP contribution in [0, 0.1) is 0 Å². The first-order chi connectivity index (χ1) is 6.33. The highest BCUT2D eigenvalue weighted by Crippen LogP contribution is 1.93. The number of esters is 1. The van der Waals surface area contributed by atoms with Crippen molar-refractivity contribution in [1.82, 2.24) is 15.2 Å². The number of anilines is 1. The number of aromatic amines is 1. The quantitative estimate of drug-likeness (QED) is 0.637. The summed E-state index contributed by atoms with van der Waals surface area (Å²) in [7, 11) is 0. The monoisotopic (exact) mass is 184 g/mol. The topological polar surface area (TPSA) is 79.9 Å². The lowest BCUT2D eigenvalue weighted by Gasteiger charge is -2.01. The van der Waals surface area contributed by atoms with Crippen molar-refractivity contribution in [3.05, 3.63) is 6.33 Å². The predicted molar refractivity (Wildman–Crippen MR) is 46.1 cm³/mol. The number of aromatic nitrogens is 3. The van der Waals surface area contributed by atoms with Crippen LogP contribution in [0.15, 0.2) is 6.33 Å². The maximum absolute atomic E-state index is 10.9. The average molecular weight is 184 g/mol. The minimum atomic E-state index is -0.213. The van der Waals surface area contributed by atoms with Crippen molar-refractivity contribution in [2.75, 3.05) is 18.5 Å². The summed E-state index contributed by atoms with van der Waals surface area (Å²) in [5.74, 6) is 0.346. The van der Waals surface area contributed by atoms with Gasteiger partial charge in [-0.15, -0.1) is 0 Å². The van der Waals surface area contributed by atoms with Gasteiger partial charge in [0, 0.05) is 6.54 Å². The van der Waals surface area contributed by atoms with Gasteiger partial charge in [-0.1, -0.05) is 0 Å². The molecule has 0 bridgehead atoms. The van der Waals surface area contributed by atoms with E-state index < -0.39 is 0 Å². The van der Waals surface area contributed by atoms with Crippen LogP contribution in [0.4, 0.5) is 5.95 Å². The van der Waals surface area contributed by atoms with Crippen molar-refractivity contribution in [2.24, 2.45) is 0 Å². The smallest absolute Gasteiger partial charge is 0.307 e. The number of ether oxygens (including phenoxy) is 1. The number of carbonyl (C=O) groups is 1. The Balaban J connectivity index is 2.11. The highest BCUT2D eigenvalue weighted by Gasteiger charge is 2.00. The fraction of sp³-hybridized carbons (Fsp3) is 0.571. The van der Waals surface area contributed by atoms with Gasteiger partial charge in [0.25, 0.3) is 0 Å². The Bertz CT molecular complexity index is 247. The van der Waals surface area contributed by atoms with Gasteiger partial charge < -0.3 is 10.1 Å². The molecule has 0 atom stereocenters. The summed E-state index contributed by atoms with van der Waals surface area (Å²) in [6, 6.07) is 0. The summed E-state index contributed by atoms with van der Waals surface area (Å²) in [5, 5.41) is 9.14. The van der Waals surface area contributed by atoms with Crippen LogP contribution in [-0.2, 0) is 9.53 Å². The number of carbonyl (C=O) groups excluding carboxylic acids is 1. The summed E-state index contributed by atoms with van der Waals surface area (Å²) in [6.07, 6.45) is 1.72. The second kappa shape index (κ2) is 5.13. The summed E-state index contributed by atoms with van der Waals surface area (Å²) in [4.78, 5) is 14.7. The lowest BCUT2D eigenvalue weighted by molar-refractivity contribution is -0.142. The van der Waals surface area contributed by atoms with Gasteiger partial charge in [-0.2, -0.15) is 5.10 Å². The van der Waals surface area contributed by atoms with Gasteiger partial charge in [-0.3, -0.25) is 4.79 Å². The van der Waals surface area contributed by atoms with Crippen molar-refractivity contribution in [1.29, 1.82) is 0 Å². The van der Waals surface area contributed by atoms with E-state index in [2.05, 4.69) is 20.5 Å². The van der Waals surface area contributed by atoms with E-state index in [1.165, 1.54) is 6.33 Å². The van der Waals surface area contributed by atoms with Crippen molar-refractivity contribution in [3.8, 4) is 0 Å². The van der Waals surface area contributed by atoms with E-state index in [1.54, 1.807) is 6.92 Å². The molecule has 0 unspecified atom stereocenters. The van der Waals surface area contributed by atoms with E-state index in [1.807, 2.05) is 0 Å². The largest absolute Gasteiger partial charge is 0.466 e. The normalized spacial score (nSPS) is 9.62. The third kappa shape index (κ3) is 3.55. The zero-order valence-corrected chi connectivity index (χ0v) is 7.41. The Kier molecular flexibility index (Phi) is 3.74. The van der Waals surface area contributed by atoms with Crippen LogP contribution in [0.5, 0.6) is 0 Å². The van der Waals surface area contributed by atoms with Crippen LogP contribution in [0.1, 0.15) is 13.3 Å². The molecule has 0 saturated heterocycles. The lowest BCUT2D eigenvalue weighted by atomic mass is 10.4.